The molecule has 0 aliphatic carbocycles. The smallest absolute Gasteiger partial charge is 0.152 e. The third-order valence-corrected chi connectivity index (χ3v) is 4.45. The van der Waals surface area contributed by atoms with E-state index in [1.165, 1.54) is 19.3 Å². The highest BCUT2D eigenvalue weighted by Gasteiger charge is 2.15. The van der Waals surface area contributed by atoms with Crippen LogP contribution in [0.3, 0.4) is 0 Å². The van der Waals surface area contributed by atoms with Crippen LogP contribution in [0.4, 0.5) is 5.69 Å². The molecule has 0 bridgehead atoms. The van der Waals surface area contributed by atoms with Gasteiger partial charge in [0.15, 0.2) is 5.82 Å². The van der Waals surface area contributed by atoms with Crippen molar-refractivity contribution in [3.05, 3.63) is 47.7 Å². The van der Waals surface area contributed by atoms with Gasteiger partial charge >= 0.3 is 0 Å². The number of hydrogen-bond donors (Lipinski definition) is 1. The Balaban J connectivity index is 1.64. The van der Waals surface area contributed by atoms with Gasteiger partial charge in [0.1, 0.15) is 17.6 Å². The van der Waals surface area contributed by atoms with E-state index < -0.39 is 0 Å². The Morgan fingerprint density at radius 2 is 2.08 bits per heavy atom. The Morgan fingerprint density at radius 3 is 3.00 bits per heavy atom. The van der Waals surface area contributed by atoms with Crippen LogP contribution in [0, 0.1) is 11.3 Å². The summed E-state index contributed by atoms with van der Waals surface area (Å²) in [4.78, 5) is 4.35. The highest BCUT2D eigenvalue weighted by molar-refractivity contribution is 5.91. The summed E-state index contributed by atoms with van der Waals surface area (Å²) in [6.07, 6.45) is 4.61. The summed E-state index contributed by atoms with van der Waals surface area (Å²) >= 11 is 0. The van der Waals surface area contributed by atoms with Crippen LogP contribution in [0.5, 0.6) is 0 Å². The Bertz CT molecular complexity index is 921. The fraction of sp³-hybridized carbons (Fsp3) is 0.333. The second kappa shape index (κ2) is 6.28. The van der Waals surface area contributed by atoms with E-state index in [0.717, 1.165) is 41.2 Å². The lowest BCUT2D eigenvalue weighted by molar-refractivity contribution is 0.610. The normalized spacial score (nSPS) is 14.0. The Kier molecular flexibility index (Phi) is 3.83. The van der Waals surface area contributed by atoms with E-state index in [4.69, 9.17) is 0 Å². The number of para-hydroxylation sites is 1. The quantitative estimate of drug-likeness (QED) is 0.803. The van der Waals surface area contributed by atoms with Crippen molar-refractivity contribution in [2.45, 2.75) is 38.8 Å². The summed E-state index contributed by atoms with van der Waals surface area (Å²) in [6.45, 7) is 1.58. The number of nitrogens with zero attached hydrogens (tertiary/aromatic N) is 5. The molecule has 0 saturated carbocycles. The fourth-order valence-corrected chi connectivity index (χ4v) is 3.23. The molecule has 6 nitrogen and oxygen atoms in total. The van der Waals surface area contributed by atoms with Gasteiger partial charge in [-0.1, -0.05) is 24.6 Å². The molecule has 0 unspecified atom stereocenters. The minimum atomic E-state index is 0.413. The topological polar surface area (TPSA) is 79.4 Å². The van der Waals surface area contributed by atoms with Crippen LogP contribution in [0.1, 0.15) is 36.6 Å². The van der Waals surface area contributed by atoms with E-state index >= 15 is 0 Å². The van der Waals surface area contributed by atoms with Crippen molar-refractivity contribution in [3.63, 3.8) is 0 Å². The van der Waals surface area contributed by atoms with E-state index in [1.807, 2.05) is 24.3 Å². The van der Waals surface area contributed by atoms with Gasteiger partial charge in [0.2, 0.25) is 0 Å². The molecule has 0 amide bonds. The minimum Gasteiger partial charge on any atom is -0.377 e. The first kappa shape index (κ1) is 14.6. The third-order valence-electron chi connectivity index (χ3n) is 4.45. The van der Waals surface area contributed by atoms with E-state index in [9.17, 15) is 5.26 Å². The Hall–Kier alpha value is -2.94. The summed E-state index contributed by atoms with van der Waals surface area (Å²) in [5.41, 5.74) is 2.14. The molecule has 6 heteroatoms. The number of anilines is 1. The largest absolute Gasteiger partial charge is 0.377 e. The highest BCUT2D eigenvalue weighted by atomic mass is 15.3. The molecule has 0 spiro atoms. The molecule has 0 atom stereocenters. The molecule has 2 aromatic heterocycles. The van der Waals surface area contributed by atoms with Crippen LogP contribution in [0.2, 0.25) is 0 Å². The summed E-state index contributed by atoms with van der Waals surface area (Å²) in [7, 11) is 0. The van der Waals surface area contributed by atoms with E-state index in [0.29, 0.717) is 12.2 Å². The molecule has 0 saturated heterocycles. The zero-order chi connectivity index (χ0) is 16.4. The summed E-state index contributed by atoms with van der Waals surface area (Å²) in [5, 5.41) is 22.3. The molecule has 120 valence electrons. The van der Waals surface area contributed by atoms with Gasteiger partial charge in [-0.3, -0.25) is 0 Å². The molecule has 3 aromatic rings. The van der Waals surface area contributed by atoms with Crippen LogP contribution < -0.4 is 5.32 Å². The first-order valence-corrected chi connectivity index (χ1v) is 8.30. The monoisotopic (exact) mass is 318 g/mol. The minimum absolute atomic E-state index is 0.413. The SMILES string of the molecule is N#Cc1cc(NCc2nnc3n2CCCCC3)c2ccccc2n1. The molecule has 1 aliphatic heterocycles. The average molecular weight is 318 g/mol. The molecule has 0 radical (unpaired) electrons. The van der Waals surface area contributed by atoms with Crippen molar-refractivity contribution in [1.82, 2.24) is 19.7 Å². The number of benzene rings is 1. The van der Waals surface area contributed by atoms with Crippen LogP contribution >= 0.6 is 0 Å². The van der Waals surface area contributed by atoms with Gasteiger partial charge in [0.05, 0.1) is 12.1 Å². The van der Waals surface area contributed by atoms with E-state index in [2.05, 4.69) is 31.1 Å². The standard InChI is InChI=1S/C18H18N6/c19-11-13-10-16(14-6-3-4-7-15(14)21-13)20-12-18-23-22-17-8-2-1-5-9-24(17)18/h3-4,6-7,10H,1-2,5,8-9,12H2,(H,20,21). The number of nitriles is 1. The zero-order valence-corrected chi connectivity index (χ0v) is 13.4. The molecule has 1 N–H and O–H groups in total. The maximum atomic E-state index is 9.20. The van der Waals surface area contributed by atoms with Crippen molar-refractivity contribution in [2.75, 3.05) is 5.32 Å². The first-order valence-electron chi connectivity index (χ1n) is 8.30. The number of pyridine rings is 1. The number of hydrogen-bond acceptors (Lipinski definition) is 5. The molecular formula is C18H18N6. The summed E-state index contributed by atoms with van der Waals surface area (Å²) < 4.78 is 2.23. The van der Waals surface area contributed by atoms with Crippen molar-refractivity contribution in [3.8, 4) is 6.07 Å². The van der Waals surface area contributed by atoms with Crippen LogP contribution in [0.15, 0.2) is 30.3 Å². The van der Waals surface area contributed by atoms with Gasteiger partial charge in [-0.2, -0.15) is 5.26 Å². The number of nitrogens with one attached hydrogen (secondary N) is 1. The van der Waals surface area contributed by atoms with Crippen molar-refractivity contribution in [2.24, 2.45) is 0 Å². The molecular weight excluding hydrogens is 300 g/mol. The van der Waals surface area contributed by atoms with Gasteiger partial charge in [-0.15, -0.1) is 10.2 Å². The summed E-state index contributed by atoms with van der Waals surface area (Å²) in [6, 6.07) is 11.8. The molecule has 4 rings (SSSR count). The van der Waals surface area contributed by atoms with E-state index in [1.54, 1.807) is 6.07 Å². The Labute approximate surface area is 140 Å². The van der Waals surface area contributed by atoms with Gasteiger partial charge in [0, 0.05) is 24.0 Å². The molecule has 1 aromatic carbocycles. The lowest BCUT2D eigenvalue weighted by Crippen LogP contribution is -2.10. The van der Waals surface area contributed by atoms with Crippen LogP contribution in [-0.2, 0) is 19.5 Å². The van der Waals surface area contributed by atoms with Gasteiger partial charge < -0.3 is 9.88 Å². The predicted octanol–water partition coefficient (Wildman–Crippen LogP) is 3.04. The van der Waals surface area contributed by atoms with Crippen LogP contribution in [0.25, 0.3) is 10.9 Å². The average Bonchev–Trinajstić information content (AvgIpc) is 2.85. The number of fused-ring (bicyclic) bond motifs is 2. The lowest BCUT2D eigenvalue weighted by atomic mass is 10.1. The molecule has 1 aliphatic rings. The molecule has 24 heavy (non-hydrogen) atoms. The van der Waals surface area contributed by atoms with Crippen molar-refractivity contribution in [1.29, 1.82) is 5.26 Å². The second-order valence-electron chi connectivity index (χ2n) is 6.03. The maximum Gasteiger partial charge on any atom is 0.152 e. The highest BCUT2D eigenvalue weighted by Crippen LogP contribution is 2.24. The zero-order valence-electron chi connectivity index (χ0n) is 13.4. The van der Waals surface area contributed by atoms with Crippen molar-refractivity contribution < 1.29 is 0 Å². The number of aryl methyl sites for hydroxylation is 1. The Morgan fingerprint density at radius 1 is 1.17 bits per heavy atom. The fourth-order valence-electron chi connectivity index (χ4n) is 3.23. The summed E-state index contributed by atoms with van der Waals surface area (Å²) in [5.74, 6) is 2.04. The number of rotatable bonds is 3. The predicted molar refractivity (Wildman–Crippen MR) is 91.4 cm³/mol. The van der Waals surface area contributed by atoms with Crippen LogP contribution in [-0.4, -0.2) is 19.7 Å². The van der Waals surface area contributed by atoms with Gasteiger partial charge in [-0.25, -0.2) is 4.98 Å². The third kappa shape index (κ3) is 2.69. The van der Waals surface area contributed by atoms with Gasteiger partial charge in [0.25, 0.3) is 0 Å². The lowest BCUT2D eigenvalue weighted by Gasteiger charge is -2.11. The van der Waals surface area contributed by atoms with E-state index in [-0.39, 0.29) is 0 Å². The van der Waals surface area contributed by atoms with Crippen molar-refractivity contribution >= 4 is 16.6 Å². The second-order valence-corrected chi connectivity index (χ2v) is 6.03. The molecule has 3 heterocycles. The first-order chi connectivity index (χ1) is 11.8. The molecule has 0 fully saturated rings. The number of aromatic nitrogens is 4. The maximum absolute atomic E-state index is 9.20. The van der Waals surface area contributed by atoms with Gasteiger partial charge in [-0.05, 0) is 25.0 Å².